The van der Waals surface area contributed by atoms with Crippen LogP contribution in [0.5, 0.6) is 0 Å². The van der Waals surface area contributed by atoms with E-state index < -0.39 is 38.0 Å². The van der Waals surface area contributed by atoms with Crippen molar-refractivity contribution in [3.05, 3.63) is 89.8 Å². The number of carbonyl (C=O) groups is 1. The maximum atomic E-state index is 14.6. The normalized spacial score (nSPS) is 19.5. The summed E-state index contributed by atoms with van der Waals surface area (Å²) >= 11 is 0. The first-order valence-corrected chi connectivity index (χ1v) is 11.3. The lowest BCUT2D eigenvalue weighted by Gasteiger charge is -2.38. The van der Waals surface area contributed by atoms with Gasteiger partial charge in [0, 0.05) is 19.7 Å². The van der Waals surface area contributed by atoms with E-state index in [1.165, 1.54) is 25.1 Å². The van der Waals surface area contributed by atoms with Crippen molar-refractivity contribution >= 4 is 21.6 Å². The van der Waals surface area contributed by atoms with Gasteiger partial charge in [-0.05, 0) is 36.8 Å². The fraction of sp³-hybridized carbons (Fsp3) is 0.217. The number of likely N-dealkylation sites (N-methyl/N-ethyl adjacent to an activating group) is 1. The molecule has 0 bridgehead atoms. The fourth-order valence-electron chi connectivity index (χ4n) is 4.09. The van der Waals surface area contributed by atoms with Crippen LogP contribution in [-0.4, -0.2) is 36.2 Å². The predicted octanol–water partition coefficient (Wildman–Crippen LogP) is 3.53. The summed E-state index contributed by atoms with van der Waals surface area (Å²) < 4.78 is 57.4. The molecule has 2 aromatic carbocycles. The summed E-state index contributed by atoms with van der Waals surface area (Å²) in [6, 6.07) is 15.0. The van der Waals surface area contributed by atoms with E-state index >= 15 is 0 Å². The molecule has 166 valence electrons. The van der Waals surface area contributed by atoms with E-state index in [-0.39, 0.29) is 13.0 Å². The summed E-state index contributed by atoms with van der Waals surface area (Å²) in [5.41, 5.74) is -0.238. The van der Waals surface area contributed by atoms with Gasteiger partial charge < -0.3 is 4.90 Å². The Labute approximate surface area is 185 Å². The summed E-state index contributed by atoms with van der Waals surface area (Å²) in [6.45, 7) is 1.15. The number of fused-ring (bicyclic) bond motifs is 1. The van der Waals surface area contributed by atoms with E-state index in [1.54, 1.807) is 42.5 Å². The highest BCUT2D eigenvalue weighted by Crippen LogP contribution is 2.38. The number of amides is 1. The molecule has 1 aliphatic heterocycles. The number of rotatable bonds is 4. The summed E-state index contributed by atoms with van der Waals surface area (Å²) in [5.74, 6) is -2.98. The molecular formula is C23H21F2N3O3S. The first-order chi connectivity index (χ1) is 15.2. The van der Waals surface area contributed by atoms with Crippen LogP contribution in [0.4, 0.5) is 14.5 Å². The number of halogens is 2. The summed E-state index contributed by atoms with van der Waals surface area (Å²) in [7, 11) is -3.24. The van der Waals surface area contributed by atoms with Crippen molar-refractivity contribution in [3.63, 3.8) is 0 Å². The zero-order valence-corrected chi connectivity index (χ0v) is 18.3. The van der Waals surface area contributed by atoms with Crippen LogP contribution in [0.15, 0.2) is 71.8 Å². The lowest BCUT2D eigenvalue weighted by atomic mass is 9.91. The van der Waals surface area contributed by atoms with Crippen molar-refractivity contribution < 1.29 is 22.0 Å². The van der Waals surface area contributed by atoms with Gasteiger partial charge in [-0.3, -0.25) is 9.78 Å². The van der Waals surface area contributed by atoms with Crippen LogP contribution >= 0.6 is 0 Å². The number of sulfonamides is 1. The SMILES string of the molecule is CN1C(=O)C(C)(Cc2ccccc2)N(S(=O)(=O)c2c(F)cccc2F)Cc2ncccc21. The van der Waals surface area contributed by atoms with Gasteiger partial charge in [-0.15, -0.1) is 0 Å². The second-order valence-corrected chi connectivity index (χ2v) is 9.63. The molecule has 0 N–H and O–H groups in total. The molecule has 6 nitrogen and oxygen atoms in total. The minimum Gasteiger partial charge on any atom is -0.312 e. The molecule has 1 atom stereocenters. The van der Waals surface area contributed by atoms with Gasteiger partial charge in [0.05, 0.1) is 17.9 Å². The fourth-order valence-corrected chi connectivity index (χ4v) is 5.91. The smallest absolute Gasteiger partial charge is 0.250 e. The molecule has 32 heavy (non-hydrogen) atoms. The van der Waals surface area contributed by atoms with Crippen LogP contribution in [0.2, 0.25) is 0 Å². The van der Waals surface area contributed by atoms with Crippen LogP contribution < -0.4 is 4.90 Å². The monoisotopic (exact) mass is 457 g/mol. The summed E-state index contributed by atoms with van der Waals surface area (Å²) in [6.07, 6.45) is 1.48. The van der Waals surface area contributed by atoms with E-state index in [9.17, 15) is 22.0 Å². The third-order valence-electron chi connectivity index (χ3n) is 5.69. The molecule has 0 saturated carbocycles. The van der Waals surface area contributed by atoms with Gasteiger partial charge in [0.1, 0.15) is 17.2 Å². The predicted molar refractivity (Wildman–Crippen MR) is 115 cm³/mol. The van der Waals surface area contributed by atoms with Gasteiger partial charge >= 0.3 is 0 Å². The molecule has 0 spiro atoms. The molecular weight excluding hydrogens is 436 g/mol. The molecule has 1 amide bonds. The molecule has 3 aromatic rings. The topological polar surface area (TPSA) is 70.6 Å². The average Bonchev–Trinajstić information content (AvgIpc) is 2.84. The van der Waals surface area contributed by atoms with Gasteiger partial charge in [0.25, 0.3) is 0 Å². The number of benzene rings is 2. The van der Waals surface area contributed by atoms with Crippen molar-refractivity contribution in [3.8, 4) is 0 Å². The van der Waals surface area contributed by atoms with E-state index in [2.05, 4.69) is 4.98 Å². The van der Waals surface area contributed by atoms with Gasteiger partial charge in [-0.2, -0.15) is 4.31 Å². The van der Waals surface area contributed by atoms with E-state index in [1.807, 2.05) is 0 Å². The Morgan fingerprint density at radius 1 is 1.00 bits per heavy atom. The van der Waals surface area contributed by atoms with Gasteiger partial charge in [0.2, 0.25) is 15.9 Å². The van der Waals surface area contributed by atoms with Crippen molar-refractivity contribution in [1.82, 2.24) is 9.29 Å². The van der Waals surface area contributed by atoms with E-state index in [0.29, 0.717) is 16.9 Å². The van der Waals surface area contributed by atoms with Gasteiger partial charge in [-0.1, -0.05) is 36.4 Å². The molecule has 9 heteroatoms. The quantitative estimate of drug-likeness (QED) is 0.601. The lowest BCUT2D eigenvalue weighted by Crippen LogP contribution is -2.58. The maximum Gasteiger partial charge on any atom is 0.250 e. The van der Waals surface area contributed by atoms with Crippen LogP contribution in [0.3, 0.4) is 0 Å². The Morgan fingerprint density at radius 3 is 2.31 bits per heavy atom. The standard InChI is InChI=1S/C23H21F2N3O3S/c1-23(14-16-8-4-3-5-9-16)22(29)27(2)20-12-7-13-26-19(20)15-28(23)32(30,31)21-17(24)10-6-11-18(21)25/h3-13H,14-15H2,1-2H3. The van der Waals surface area contributed by atoms with E-state index in [4.69, 9.17) is 0 Å². The molecule has 2 heterocycles. The lowest BCUT2D eigenvalue weighted by molar-refractivity contribution is -0.126. The number of pyridine rings is 1. The highest BCUT2D eigenvalue weighted by atomic mass is 32.2. The summed E-state index contributed by atoms with van der Waals surface area (Å²) in [4.78, 5) is 18.2. The zero-order chi connectivity index (χ0) is 23.1. The van der Waals surface area contributed by atoms with Crippen molar-refractivity contribution in [2.75, 3.05) is 11.9 Å². The molecule has 1 aliphatic rings. The third kappa shape index (κ3) is 3.57. The highest BCUT2D eigenvalue weighted by molar-refractivity contribution is 7.89. The van der Waals surface area contributed by atoms with Crippen LogP contribution in [0.25, 0.3) is 0 Å². The third-order valence-corrected chi connectivity index (χ3v) is 7.71. The van der Waals surface area contributed by atoms with Crippen molar-refractivity contribution in [2.45, 2.75) is 30.3 Å². The molecule has 4 rings (SSSR count). The van der Waals surface area contributed by atoms with Crippen molar-refractivity contribution in [2.24, 2.45) is 0 Å². The second-order valence-electron chi connectivity index (χ2n) is 7.83. The molecule has 0 fully saturated rings. The Bertz CT molecular complexity index is 1260. The average molecular weight is 458 g/mol. The second kappa shape index (κ2) is 8.07. The minimum absolute atomic E-state index is 0.000301. The van der Waals surface area contributed by atoms with Crippen molar-refractivity contribution in [1.29, 1.82) is 0 Å². The first-order valence-electron chi connectivity index (χ1n) is 9.89. The highest BCUT2D eigenvalue weighted by Gasteiger charge is 2.51. The van der Waals surface area contributed by atoms with Crippen LogP contribution in [0.1, 0.15) is 18.2 Å². The number of hydrogen-bond donors (Lipinski definition) is 0. The Balaban J connectivity index is 1.96. The number of nitrogens with zero attached hydrogens (tertiary/aromatic N) is 3. The van der Waals surface area contributed by atoms with Gasteiger partial charge in [0.15, 0.2) is 4.90 Å². The zero-order valence-electron chi connectivity index (χ0n) is 17.5. The minimum atomic E-state index is -4.78. The molecule has 0 radical (unpaired) electrons. The maximum absolute atomic E-state index is 14.6. The van der Waals surface area contributed by atoms with E-state index in [0.717, 1.165) is 22.5 Å². The number of aromatic nitrogens is 1. The number of anilines is 1. The van der Waals surface area contributed by atoms with Gasteiger partial charge in [-0.25, -0.2) is 17.2 Å². The molecule has 1 aromatic heterocycles. The largest absolute Gasteiger partial charge is 0.312 e. The Hall–Kier alpha value is -3.17. The first kappa shape index (κ1) is 22.0. The summed E-state index contributed by atoms with van der Waals surface area (Å²) in [5, 5.41) is 0. The Kier molecular flexibility index (Phi) is 5.56. The molecule has 0 aliphatic carbocycles. The number of hydrogen-bond acceptors (Lipinski definition) is 4. The van der Waals surface area contributed by atoms with Crippen LogP contribution in [-0.2, 0) is 27.8 Å². The molecule has 1 unspecified atom stereocenters. The van der Waals surface area contributed by atoms with Crippen LogP contribution in [0, 0.1) is 11.6 Å². The molecule has 0 saturated heterocycles. The Morgan fingerprint density at radius 2 is 1.66 bits per heavy atom. The number of carbonyl (C=O) groups excluding carboxylic acids is 1.